The zero-order valence-corrected chi connectivity index (χ0v) is 10.4. The number of hydrogen-bond acceptors (Lipinski definition) is 4. The van der Waals surface area contributed by atoms with Crippen molar-refractivity contribution in [1.82, 2.24) is 10.2 Å². The first kappa shape index (κ1) is 12.1. The van der Waals surface area contributed by atoms with Crippen molar-refractivity contribution in [1.29, 1.82) is 0 Å². The summed E-state index contributed by atoms with van der Waals surface area (Å²) in [5.41, 5.74) is -0.0202. The fraction of sp³-hybridized carbons (Fsp3) is 0. The normalized spacial score (nSPS) is 10.4. The van der Waals surface area contributed by atoms with Crippen molar-refractivity contribution < 1.29 is 14.6 Å². The second-order valence-corrected chi connectivity index (χ2v) is 4.17. The quantitative estimate of drug-likeness (QED) is 0.788. The van der Waals surface area contributed by atoms with E-state index in [4.69, 9.17) is 9.84 Å². The number of nitrogens with zero attached hydrogens (tertiary/aromatic N) is 2. The summed E-state index contributed by atoms with van der Waals surface area (Å²) in [5, 5.41) is 18.5. The van der Waals surface area contributed by atoms with Crippen molar-refractivity contribution in [3.05, 3.63) is 60.3 Å². The number of aromatic nitrogens is 2. The third-order valence-electron chi connectivity index (χ3n) is 2.85. The molecule has 0 spiro atoms. The third-order valence-corrected chi connectivity index (χ3v) is 2.85. The topological polar surface area (TPSA) is 72.3 Å². The molecule has 0 amide bonds. The van der Waals surface area contributed by atoms with Crippen molar-refractivity contribution in [2.24, 2.45) is 0 Å². The van der Waals surface area contributed by atoms with Crippen LogP contribution in [-0.4, -0.2) is 21.3 Å². The molecule has 0 radical (unpaired) electrons. The van der Waals surface area contributed by atoms with Crippen LogP contribution in [0.1, 0.15) is 10.4 Å². The number of aromatic carboxylic acids is 1. The molecule has 1 heterocycles. The van der Waals surface area contributed by atoms with E-state index in [9.17, 15) is 4.79 Å². The highest BCUT2D eigenvalue weighted by molar-refractivity contribution is 5.90. The van der Waals surface area contributed by atoms with Crippen LogP contribution in [0.2, 0.25) is 0 Å². The van der Waals surface area contributed by atoms with Crippen LogP contribution in [0.4, 0.5) is 0 Å². The molecule has 2 aromatic carbocycles. The highest BCUT2D eigenvalue weighted by atomic mass is 16.5. The molecule has 0 saturated heterocycles. The number of carbonyl (C=O) groups is 1. The van der Waals surface area contributed by atoms with Crippen molar-refractivity contribution in [2.45, 2.75) is 0 Å². The SMILES string of the molecule is O=C(O)c1ccnnc1Oc1ccc2ccccc2c1. The minimum absolute atomic E-state index is 0.0183. The molecule has 0 atom stereocenters. The van der Waals surface area contributed by atoms with Gasteiger partial charge in [0, 0.05) is 0 Å². The molecule has 0 aliphatic heterocycles. The lowest BCUT2D eigenvalue weighted by Crippen LogP contribution is -2.02. The van der Waals surface area contributed by atoms with Crippen LogP contribution in [-0.2, 0) is 0 Å². The lowest BCUT2D eigenvalue weighted by atomic mass is 10.1. The molecule has 0 fully saturated rings. The van der Waals surface area contributed by atoms with Crippen LogP contribution in [0, 0.1) is 0 Å². The molecule has 98 valence electrons. The van der Waals surface area contributed by atoms with Gasteiger partial charge in [-0.2, -0.15) is 5.10 Å². The molecule has 1 aromatic heterocycles. The first-order valence-electron chi connectivity index (χ1n) is 5.96. The summed E-state index contributed by atoms with van der Waals surface area (Å²) < 4.78 is 5.52. The molecular formula is C15H10N2O3. The first-order valence-corrected chi connectivity index (χ1v) is 5.96. The Morgan fingerprint density at radius 3 is 2.65 bits per heavy atom. The zero-order valence-electron chi connectivity index (χ0n) is 10.4. The Labute approximate surface area is 114 Å². The predicted octanol–water partition coefficient (Wildman–Crippen LogP) is 3.12. The van der Waals surface area contributed by atoms with Gasteiger partial charge in [-0.25, -0.2) is 4.79 Å². The maximum Gasteiger partial charge on any atom is 0.341 e. The smallest absolute Gasteiger partial charge is 0.341 e. The second kappa shape index (κ2) is 4.97. The molecule has 3 rings (SSSR count). The molecular weight excluding hydrogens is 256 g/mol. The van der Waals surface area contributed by atoms with Crippen molar-refractivity contribution >= 4 is 16.7 Å². The summed E-state index contributed by atoms with van der Waals surface area (Å²) in [6, 6.07) is 14.7. The van der Waals surface area contributed by atoms with Crippen LogP contribution in [0.15, 0.2) is 54.7 Å². The van der Waals surface area contributed by atoms with Gasteiger partial charge in [-0.1, -0.05) is 30.3 Å². The average molecular weight is 266 g/mol. The van der Waals surface area contributed by atoms with Crippen molar-refractivity contribution in [3.63, 3.8) is 0 Å². The van der Waals surface area contributed by atoms with Crippen molar-refractivity contribution in [2.75, 3.05) is 0 Å². The molecule has 0 aliphatic carbocycles. The summed E-state index contributed by atoms with van der Waals surface area (Å²) in [5.74, 6) is -0.599. The lowest BCUT2D eigenvalue weighted by molar-refractivity contribution is 0.0693. The number of ether oxygens (including phenoxy) is 1. The third kappa shape index (κ3) is 2.29. The Bertz CT molecular complexity index is 787. The highest BCUT2D eigenvalue weighted by Gasteiger charge is 2.13. The van der Waals surface area contributed by atoms with Gasteiger partial charge in [0.2, 0.25) is 0 Å². The van der Waals surface area contributed by atoms with E-state index >= 15 is 0 Å². The van der Waals surface area contributed by atoms with E-state index in [0.29, 0.717) is 5.75 Å². The highest BCUT2D eigenvalue weighted by Crippen LogP contribution is 2.26. The maximum atomic E-state index is 11.1. The van der Waals surface area contributed by atoms with Gasteiger partial charge in [0.1, 0.15) is 11.3 Å². The van der Waals surface area contributed by atoms with Gasteiger partial charge in [0.15, 0.2) is 0 Å². The van der Waals surface area contributed by atoms with Crippen LogP contribution in [0.3, 0.4) is 0 Å². The summed E-state index contributed by atoms with van der Waals surface area (Å²) >= 11 is 0. The van der Waals surface area contributed by atoms with E-state index in [0.717, 1.165) is 10.8 Å². The van der Waals surface area contributed by atoms with E-state index in [1.54, 1.807) is 6.07 Å². The molecule has 0 aliphatic rings. The Kier molecular flexibility index (Phi) is 3.01. The molecule has 0 unspecified atom stereocenters. The number of carboxylic acids is 1. The maximum absolute atomic E-state index is 11.1. The molecule has 3 aromatic rings. The van der Waals surface area contributed by atoms with E-state index in [1.807, 2.05) is 36.4 Å². The molecule has 0 bridgehead atoms. The summed E-state index contributed by atoms with van der Waals surface area (Å²) in [4.78, 5) is 11.1. The van der Waals surface area contributed by atoms with Gasteiger partial charge in [-0.05, 0) is 29.0 Å². The Morgan fingerprint density at radius 1 is 1.05 bits per heavy atom. The molecule has 0 saturated carbocycles. The van der Waals surface area contributed by atoms with Crippen LogP contribution in [0.5, 0.6) is 11.6 Å². The summed E-state index contributed by atoms with van der Waals surface area (Å²) in [6.45, 7) is 0. The van der Waals surface area contributed by atoms with Crippen LogP contribution < -0.4 is 4.74 Å². The van der Waals surface area contributed by atoms with Crippen LogP contribution >= 0.6 is 0 Å². The summed E-state index contributed by atoms with van der Waals surface area (Å²) in [6.07, 6.45) is 1.32. The molecule has 5 heteroatoms. The van der Waals surface area contributed by atoms with Crippen molar-refractivity contribution in [3.8, 4) is 11.6 Å². The minimum Gasteiger partial charge on any atom is -0.477 e. The molecule has 5 nitrogen and oxygen atoms in total. The van der Waals surface area contributed by atoms with Gasteiger partial charge in [-0.15, -0.1) is 5.10 Å². The predicted molar refractivity (Wildman–Crippen MR) is 73.0 cm³/mol. The van der Waals surface area contributed by atoms with Gasteiger partial charge >= 0.3 is 5.97 Å². The fourth-order valence-corrected chi connectivity index (χ4v) is 1.90. The number of carboxylic acid groups (broad SMARTS) is 1. The molecule has 20 heavy (non-hydrogen) atoms. The number of rotatable bonds is 3. The van der Waals surface area contributed by atoms with Crippen LogP contribution in [0.25, 0.3) is 10.8 Å². The average Bonchev–Trinajstić information content (AvgIpc) is 2.47. The van der Waals surface area contributed by atoms with Gasteiger partial charge in [0.25, 0.3) is 5.88 Å². The van der Waals surface area contributed by atoms with E-state index in [1.165, 1.54) is 12.3 Å². The Hall–Kier alpha value is -2.95. The number of hydrogen-bond donors (Lipinski definition) is 1. The number of benzene rings is 2. The summed E-state index contributed by atoms with van der Waals surface area (Å²) in [7, 11) is 0. The van der Waals surface area contributed by atoms with E-state index in [-0.39, 0.29) is 11.4 Å². The monoisotopic (exact) mass is 266 g/mol. The van der Waals surface area contributed by atoms with Gasteiger partial charge in [-0.3, -0.25) is 0 Å². The first-order chi connectivity index (χ1) is 9.74. The number of fused-ring (bicyclic) bond motifs is 1. The molecule has 1 N–H and O–H groups in total. The van der Waals surface area contributed by atoms with E-state index < -0.39 is 5.97 Å². The Morgan fingerprint density at radius 2 is 1.85 bits per heavy atom. The van der Waals surface area contributed by atoms with Gasteiger partial charge in [0.05, 0.1) is 6.20 Å². The minimum atomic E-state index is -1.10. The Balaban J connectivity index is 1.99. The fourth-order valence-electron chi connectivity index (χ4n) is 1.90. The second-order valence-electron chi connectivity index (χ2n) is 4.17. The largest absolute Gasteiger partial charge is 0.477 e. The van der Waals surface area contributed by atoms with E-state index in [2.05, 4.69) is 10.2 Å². The lowest BCUT2D eigenvalue weighted by Gasteiger charge is -2.07. The van der Waals surface area contributed by atoms with Gasteiger partial charge < -0.3 is 9.84 Å². The standard InChI is InChI=1S/C15H10N2O3/c18-15(19)13-7-8-16-17-14(13)20-12-6-5-10-3-1-2-4-11(10)9-12/h1-9H,(H,18,19). The zero-order chi connectivity index (χ0) is 13.9.